The molecule has 2 aliphatic rings. The molecule has 7 heteroatoms. The minimum absolute atomic E-state index is 0.0547. The molecule has 1 aliphatic carbocycles. The average molecular weight is 370 g/mol. The number of ether oxygens (including phenoxy) is 1. The molecule has 0 aromatic heterocycles. The second-order valence-corrected chi connectivity index (χ2v) is 8.40. The van der Waals surface area contributed by atoms with Crippen LogP contribution in [0.25, 0.3) is 0 Å². The standard InChI is InChI=1S/C19H26BF3O3/c1-17(2)18(3,4)26-20(25-17)15-8-7-14(10-16(15)21)24-12-13-6-5-9-19(22,23)11-13/h7-8,10,13H,5-6,9,11-12H2,1-4H3. The Bertz CT molecular complexity index is 647. The number of halogens is 3. The zero-order chi connectivity index (χ0) is 19.2. The maximum atomic E-state index is 14.5. The van der Waals surface area contributed by atoms with Gasteiger partial charge in [-0.3, -0.25) is 0 Å². The Labute approximate surface area is 153 Å². The third-order valence-corrected chi connectivity index (χ3v) is 5.71. The summed E-state index contributed by atoms with van der Waals surface area (Å²) in [5, 5.41) is 0. The highest BCUT2D eigenvalue weighted by atomic mass is 19.3. The fraction of sp³-hybridized carbons (Fsp3) is 0.684. The number of alkyl halides is 2. The molecule has 1 saturated heterocycles. The number of benzene rings is 1. The van der Waals surface area contributed by atoms with E-state index in [1.165, 1.54) is 6.07 Å². The van der Waals surface area contributed by atoms with Gasteiger partial charge in [0.1, 0.15) is 11.6 Å². The fourth-order valence-electron chi connectivity index (χ4n) is 3.39. The molecule has 2 fully saturated rings. The van der Waals surface area contributed by atoms with Crippen molar-refractivity contribution in [2.24, 2.45) is 5.92 Å². The normalized spacial score (nSPS) is 26.7. The molecule has 1 heterocycles. The summed E-state index contributed by atoms with van der Waals surface area (Å²) in [6.07, 6.45) is 0.989. The summed E-state index contributed by atoms with van der Waals surface area (Å²) in [5.41, 5.74) is -0.794. The van der Waals surface area contributed by atoms with E-state index in [0.29, 0.717) is 24.1 Å². The van der Waals surface area contributed by atoms with E-state index in [4.69, 9.17) is 14.0 Å². The van der Waals surface area contributed by atoms with Crippen LogP contribution in [0.3, 0.4) is 0 Å². The molecule has 0 N–H and O–H groups in total. The molecule has 1 unspecified atom stereocenters. The van der Waals surface area contributed by atoms with E-state index in [-0.39, 0.29) is 25.4 Å². The first kappa shape index (κ1) is 19.6. The lowest BCUT2D eigenvalue weighted by molar-refractivity contribution is -0.0585. The third-order valence-electron chi connectivity index (χ3n) is 5.71. The molecular formula is C19H26BF3O3. The van der Waals surface area contributed by atoms with Crippen LogP contribution in [-0.2, 0) is 9.31 Å². The Morgan fingerprint density at radius 1 is 1.15 bits per heavy atom. The Morgan fingerprint density at radius 3 is 2.38 bits per heavy atom. The van der Waals surface area contributed by atoms with Gasteiger partial charge < -0.3 is 14.0 Å². The van der Waals surface area contributed by atoms with Crippen LogP contribution in [0.4, 0.5) is 13.2 Å². The smallest absolute Gasteiger partial charge is 0.493 e. The largest absolute Gasteiger partial charge is 0.497 e. The van der Waals surface area contributed by atoms with Crippen LogP contribution >= 0.6 is 0 Å². The molecule has 1 aliphatic heterocycles. The van der Waals surface area contributed by atoms with Crippen molar-refractivity contribution in [1.29, 1.82) is 0 Å². The highest BCUT2D eigenvalue weighted by molar-refractivity contribution is 6.62. The first-order chi connectivity index (χ1) is 12.0. The number of rotatable bonds is 4. The molecule has 1 saturated carbocycles. The Kier molecular flexibility index (Phi) is 5.08. The summed E-state index contributed by atoms with van der Waals surface area (Å²) >= 11 is 0. The minimum Gasteiger partial charge on any atom is -0.493 e. The fourth-order valence-corrected chi connectivity index (χ4v) is 3.39. The molecule has 0 bridgehead atoms. The third kappa shape index (κ3) is 4.04. The summed E-state index contributed by atoms with van der Waals surface area (Å²) in [7, 11) is -0.786. The van der Waals surface area contributed by atoms with Crippen LogP contribution in [0.1, 0.15) is 53.4 Å². The van der Waals surface area contributed by atoms with Gasteiger partial charge in [0.2, 0.25) is 5.92 Å². The van der Waals surface area contributed by atoms with Crippen molar-refractivity contribution in [3.05, 3.63) is 24.0 Å². The molecular weight excluding hydrogens is 344 g/mol. The first-order valence-electron chi connectivity index (χ1n) is 9.15. The van der Waals surface area contributed by atoms with Crippen molar-refractivity contribution in [1.82, 2.24) is 0 Å². The lowest BCUT2D eigenvalue weighted by atomic mass is 9.78. The van der Waals surface area contributed by atoms with Crippen molar-refractivity contribution in [2.75, 3.05) is 6.61 Å². The van der Waals surface area contributed by atoms with Crippen LogP contribution in [0.5, 0.6) is 5.75 Å². The van der Waals surface area contributed by atoms with E-state index in [1.54, 1.807) is 12.1 Å². The van der Waals surface area contributed by atoms with Gasteiger partial charge in [0.05, 0.1) is 17.8 Å². The lowest BCUT2D eigenvalue weighted by Gasteiger charge is -2.32. The summed E-state index contributed by atoms with van der Waals surface area (Å²) < 4.78 is 58.7. The van der Waals surface area contributed by atoms with Gasteiger partial charge in [-0.05, 0) is 52.5 Å². The van der Waals surface area contributed by atoms with E-state index in [9.17, 15) is 13.2 Å². The van der Waals surface area contributed by atoms with Crippen molar-refractivity contribution in [3.63, 3.8) is 0 Å². The van der Waals surface area contributed by atoms with Crippen molar-refractivity contribution < 1.29 is 27.2 Å². The highest BCUT2D eigenvalue weighted by Gasteiger charge is 2.52. The van der Waals surface area contributed by atoms with Crippen molar-refractivity contribution in [2.45, 2.75) is 70.5 Å². The SMILES string of the molecule is CC1(C)OB(c2ccc(OCC3CCCC(F)(F)C3)cc2F)OC1(C)C. The topological polar surface area (TPSA) is 27.7 Å². The predicted molar refractivity (Wildman–Crippen MR) is 94.5 cm³/mol. The molecule has 144 valence electrons. The average Bonchev–Trinajstić information content (AvgIpc) is 2.72. The van der Waals surface area contributed by atoms with Crippen molar-refractivity contribution >= 4 is 12.6 Å². The van der Waals surface area contributed by atoms with Gasteiger partial charge in [-0.2, -0.15) is 0 Å². The quantitative estimate of drug-likeness (QED) is 0.739. The molecule has 0 radical (unpaired) electrons. The molecule has 0 spiro atoms. The maximum absolute atomic E-state index is 14.5. The zero-order valence-corrected chi connectivity index (χ0v) is 15.8. The highest BCUT2D eigenvalue weighted by Crippen LogP contribution is 2.38. The summed E-state index contributed by atoms with van der Waals surface area (Å²) in [4.78, 5) is 0. The monoisotopic (exact) mass is 370 g/mol. The lowest BCUT2D eigenvalue weighted by Crippen LogP contribution is -2.41. The van der Waals surface area contributed by atoms with Gasteiger partial charge in [-0.1, -0.05) is 6.07 Å². The van der Waals surface area contributed by atoms with Gasteiger partial charge in [0, 0.05) is 24.4 Å². The molecule has 3 nitrogen and oxygen atoms in total. The molecule has 0 amide bonds. The number of hydrogen-bond donors (Lipinski definition) is 0. The first-order valence-corrected chi connectivity index (χ1v) is 9.15. The molecule has 1 aromatic carbocycles. The minimum atomic E-state index is -2.61. The van der Waals surface area contributed by atoms with Gasteiger partial charge in [-0.25, -0.2) is 13.2 Å². The molecule has 3 rings (SSSR count). The van der Waals surface area contributed by atoms with Gasteiger partial charge in [0.25, 0.3) is 0 Å². The van der Waals surface area contributed by atoms with Crippen LogP contribution < -0.4 is 10.2 Å². The van der Waals surface area contributed by atoms with Crippen LogP contribution in [0.15, 0.2) is 18.2 Å². The van der Waals surface area contributed by atoms with E-state index in [2.05, 4.69) is 0 Å². The van der Waals surface area contributed by atoms with E-state index < -0.39 is 30.1 Å². The van der Waals surface area contributed by atoms with E-state index in [1.807, 2.05) is 27.7 Å². The Balaban J connectivity index is 1.63. The second-order valence-electron chi connectivity index (χ2n) is 8.40. The zero-order valence-electron chi connectivity index (χ0n) is 15.8. The van der Waals surface area contributed by atoms with E-state index >= 15 is 0 Å². The van der Waals surface area contributed by atoms with Crippen molar-refractivity contribution in [3.8, 4) is 5.75 Å². The molecule has 1 aromatic rings. The summed E-state index contributed by atoms with van der Waals surface area (Å²) in [6, 6.07) is 4.47. The maximum Gasteiger partial charge on any atom is 0.497 e. The van der Waals surface area contributed by atoms with Gasteiger partial charge in [0.15, 0.2) is 0 Å². The predicted octanol–water partition coefficient (Wildman–Crippen LogP) is 4.33. The van der Waals surface area contributed by atoms with Gasteiger partial charge >= 0.3 is 7.12 Å². The van der Waals surface area contributed by atoms with E-state index in [0.717, 1.165) is 0 Å². The number of hydrogen-bond acceptors (Lipinski definition) is 3. The molecule has 1 atom stereocenters. The second kappa shape index (κ2) is 6.75. The van der Waals surface area contributed by atoms with Crippen LogP contribution in [-0.4, -0.2) is 30.8 Å². The van der Waals surface area contributed by atoms with Crippen LogP contribution in [0.2, 0.25) is 0 Å². The Hall–Kier alpha value is -1.21. The Morgan fingerprint density at radius 2 is 1.81 bits per heavy atom. The van der Waals surface area contributed by atoms with Gasteiger partial charge in [-0.15, -0.1) is 0 Å². The summed E-state index contributed by atoms with van der Waals surface area (Å²) in [6.45, 7) is 7.79. The molecule has 26 heavy (non-hydrogen) atoms. The summed E-state index contributed by atoms with van der Waals surface area (Å²) in [5.74, 6) is -2.98. The van der Waals surface area contributed by atoms with Crippen LogP contribution in [0, 0.1) is 11.7 Å².